The summed E-state index contributed by atoms with van der Waals surface area (Å²) in [6, 6.07) is 7.36. The minimum absolute atomic E-state index is 0.310. The molecule has 1 saturated carbocycles. The molecule has 0 radical (unpaired) electrons. The van der Waals surface area contributed by atoms with Crippen LogP contribution in [0.15, 0.2) is 18.2 Å². The first-order valence-corrected chi connectivity index (χ1v) is 7.76. The van der Waals surface area contributed by atoms with Crippen molar-refractivity contribution in [3.05, 3.63) is 23.8 Å². The fourth-order valence-electron chi connectivity index (χ4n) is 3.21. The molecule has 1 aliphatic rings. The summed E-state index contributed by atoms with van der Waals surface area (Å²) < 4.78 is 10.8. The summed E-state index contributed by atoms with van der Waals surface area (Å²) in [6.45, 7) is 2.23. The molecule has 2 N–H and O–H groups in total. The van der Waals surface area contributed by atoms with E-state index in [-0.39, 0.29) is 0 Å². The van der Waals surface area contributed by atoms with Crippen molar-refractivity contribution in [2.24, 2.45) is 5.73 Å². The fraction of sp³-hybridized carbons (Fsp3) is 0.647. The zero-order valence-corrected chi connectivity index (χ0v) is 13.6. The average molecular weight is 292 g/mol. The van der Waals surface area contributed by atoms with Crippen LogP contribution in [-0.2, 0) is 0 Å². The van der Waals surface area contributed by atoms with E-state index in [2.05, 4.69) is 24.9 Å². The van der Waals surface area contributed by atoms with Crippen LogP contribution in [0.4, 0.5) is 0 Å². The molecule has 1 unspecified atom stereocenters. The minimum Gasteiger partial charge on any atom is -0.497 e. The van der Waals surface area contributed by atoms with Gasteiger partial charge in [0.15, 0.2) is 0 Å². The van der Waals surface area contributed by atoms with Crippen molar-refractivity contribution in [2.75, 3.05) is 21.3 Å². The zero-order chi connectivity index (χ0) is 15.4. The van der Waals surface area contributed by atoms with Crippen LogP contribution < -0.4 is 15.2 Å². The number of rotatable bonds is 5. The normalized spacial score (nSPS) is 23.9. The first-order chi connectivity index (χ1) is 10.1. The van der Waals surface area contributed by atoms with Gasteiger partial charge < -0.3 is 15.2 Å². The molecule has 0 heterocycles. The highest BCUT2D eigenvalue weighted by molar-refractivity contribution is 5.42. The van der Waals surface area contributed by atoms with Crippen molar-refractivity contribution in [1.29, 1.82) is 0 Å². The number of nitrogens with two attached hydrogens (primary N) is 1. The van der Waals surface area contributed by atoms with Crippen LogP contribution in [0.5, 0.6) is 11.5 Å². The molecule has 4 nitrogen and oxygen atoms in total. The maximum Gasteiger partial charge on any atom is 0.127 e. The maximum atomic E-state index is 6.01. The van der Waals surface area contributed by atoms with E-state index < -0.39 is 0 Å². The van der Waals surface area contributed by atoms with Crippen LogP contribution in [0.2, 0.25) is 0 Å². The van der Waals surface area contributed by atoms with E-state index >= 15 is 0 Å². The van der Waals surface area contributed by atoms with E-state index in [1.807, 2.05) is 12.1 Å². The molecule has 0 bridgehead atoms. The topological polar surface area (TPSA) is 47.7 Å². The number of methoxy groups -OCH3 is 2. The molecule has 0 amide bonds. The van der Waals surface area contributed by atoms with Crippen molar-refractivity contribution in [2.45, 2.75) is 50.7 Å². The lowest BCUT2D eigenvalue weighted by molar-refractivity contribution is 0.139. The van der Waals surface area contributed by atoms with Gasteiger partial charge in [0.2, 0.25) is 0 Å². The van der Waals surface area contributed by atoms with E-state index in [4.69, 9.17) is 15.2 Å². The number of ether oxygens (including phenoxy) is 2. The molecule has 0 saturated heterocycles. The highest BCUT2D eigenvalue weighted by Gasteiger charge is 2.26. The van der Waals surface area contributed by atoms with Crippen LogP contribution in [0, 0.1) is 0 Å². The number of hydrogen-bond acceptors (Lipinski definition) is 4. The van der Waals surface area contributed by atoms with E-state index in [1.165, 1.54) is 18.4 Å². The summed E-state index contributed by atoms with van der Waals surface area (Å²) >= 11 is 0. The molecular formula is C17H28N2O2. The van der Waals surface area contributed by atoms with Gasteiger partial charge in [-0.15, -0.1) is 0 Å². The first-order valence-electron chi connectivity index (χ1n) is 7.76. The number of benzene rings is 1. The summed E-state index contributed by atoms with van der Waals surface area (Å²) in [5, 5.41) is 0. The highest BCUT2D eigenvalue weighted by atomic mass is 16.5. The number of nitrogens with zero attached hydrogens (tertiary/aromatic N) is 1. The summed E-state index contributed by atoms with van der Waals surface area (Å²) in [5.74, 6) is 1.72. The van der Waals surface area contributed by atoms with Crippen molar-refractivity contribution in [3.8, 4) is 11.5 Å². The molecule has 1 atom stereocenters. The molecule has 0 aliphatic heterocycles. The number of hydrogen-bond donors (Lipinski definition) is 1. The maximum absolute atomic E-state index is 6.01. The first kappa shape index (κ1) is 16.1. The minimum atomic E-state index is 0.310. The van der Waals surface area contributed by atoms with E-state index in [0.717, 1.165) is 24.3 Å². The molecule has 1 aromatic rings. The predicted molar refractivity (Wildman–Crippen MR) is 86.0 cm³/mol. The second kappa shape index (κ2) is 7.14. The largest absolute Gasteiger partial charge is 0.497 e. The van der Waals surface area contributed by atoms with Gasteiger partial charge in [0.1, 0.15) is 11.5 Å². The third-order valence-electron chi connectivity index (χ3n) is 4.82. The predicted octanol–water partition coefficient (Wildman–Crippen LogP) is 2.97. The molecule has 0 aromatic heterocycles. The van der Waals surface area contributed by atoms with E-state index in [0.29, 0.717) is 18.1 Å². The van der Waals surface area contributed by atoms with Crippen LogP contribution in [-0.4, -0.2) is 38.3 Å². The average Bonchev–Trinajstić information content (AvgIpc) is 2.53. The molecule has 118 valence electrons. The summed E-state index contributed by atoms with van der Waals surface area (Å²) in [6.07, 6.45) is 4.61. The van der Waals surface area contributed by atoms with E-state index in [9.17, 15) is 0 Å². The Labute approximate surface area is 128 Å². The van der Waals surface area contributed by atoms with Crippen LogP contribution >= 0.6 is 0 Å². The molecule has 1 aromatic carbocycles. The molecule has 1 fully saturated rings. The Kier molecular flexibility index (Phi) is 5.48. The van der Waals surface area contributed by atoms with Crippen LogP contribution in [0.1, 0.15) is 44.2 Å². The van der Waals surface area contributed by atoms with Crippen molar-refractivity contribution < 1.29 is 9.47 Å². The van der Waals surface area contributed by atoms with Gasteiger partial charge in [-0.25, -0.2) is 0 Å². The lowest BCUT2D eigenvalue weighted by atomic mass is 9.89. The molecular weight excluding hydrogens is 264 g/mol. The Morgan fingerprint density at radius 1 is 1.14 bits per heavy atom. The van der Waals surface area contributed by atoms with Crippen LogP contribution in [0.3, 0.4) is 0 Å². The van der Waals surface area contributed by atoms with Crippen LogP contribution in [0.25, 0.3) is 0 Å². The Balaban J connectivity index is 2.13. The SMILES string of the molecule is COc1ccc(C(C)N(C)C2CCC(N)CC2)c(OC)c1. The second-order valence-corrected chi connectivity index (χ2v) is 6.02. The summed E-state index contributed by atoms with van der Waals surface area (Å²) in [7, 11) is 5.59. The molecule has 2 rings (SSSR count). The molecule has 1 aliphatic carbocycles. The van der Waals surface area contributed by atoms with Gasteiger partial charge in [-0.3, -0.25) is 4.90 Å². The Bertz CT molecular complexity index is 456. The second-order valence-electron chi connectivity index (χ2n) is 6.02. The Hall–Kier alpha value is -1.26. The molecule has 4 heteroatoms. The fourth-order valence-corrected chi connectivity index (χ4v) is 3.21. The van der Waals surface area contributed by atoms with Gasteiger partial charge in [0.25, 0.3) is 0 Å². The van der Waals surface area contributed by atoms with Crippen molar-refractivity contribution in [1.82, 2.24) is 4.90 Å². The molecule has 0 spiro atoms. The standard InChI is InChI=1S/C17H28N2O2/c1-12(19(2)14-7-5-13(18)6-8-14)16-10-9-15(20-3)11-17(16)21-4/h9-14H,5-8,18H2,1-4H3. The Morgan fingerprint density at radius 3 is 2.38 bits per heavy atom. The monoisotopic (exact) mass is 292 g/mol. The van der Waals surface area contributed by atoms with Gasteiger partial charge in [-0.2, -0.15) is 0 Å². The smallest absolute Gasteiger partial charge is 0.127 e. The van der Waals surface area contributed by atoms with Gasteiger partial charge in [-0.05, 0) is 45.7 Å². The van der Waals surface area contributed by atoms with Gasteiger partial charge in [-0.1, -0.05) is 6.07 Å². The lowest BCUT2D eigenvalue weighted by Gasteiger charge is -2.37. The van der Waals surface area contributed by atoms with Gasteiger partial charge in [0.05, 0.1) is 14.2 Å². The van der Waals surface area contributed by atoms with Crippen molar-refractivity contribution in [3.63, 3.8) is 0 Å². The van der Waals surface area contributed by atoms with Gasteiger partial charge >= 0.3 is 0 Å². The van der Waals surface area contributed by atoms with Crippen molar-refractivity contribution >= 4 is 0 Å². The lowest BCUT2D eigenvalue weighted by Crippen LogP contribution is -2.39. The van der Waals surface area contributed by atoms with E-state index in [1.54, 1.807) is 14.2 Å². The quantitative estimate of drug-likeness (QED) is 0.906. The summed E-state index contributed by atoms with van der Waals surface area (Å²) in [5.41, 5.74) is 7.21. The molecule has 21 heavy (non-hydrogen) atoms. The Morgan fingerprint density at radius 2 is 1.81 bits per heavy atom. The summed E-state index contributed by atoms with van der Waals surface area (Å²) in [4.78, 5) is 2.45. The zero-order valence-electron chi connectivity index (χ0n) is 13.6. The van der Waals surface area contributed by atoms with Gasteiger partial charge in [0, 0.05) is 29.8 Å². The third kappa shape index (κ3) is 3.69. The third-order valence-corrected chi connectivity index (χ3v) is 4.82. The highest BCUT2D eigenvalue weighted by Crippen LogP contribution is 2.34.